The van der Waals surface area contributed by atoms with Crippen molar-refractivity contribution in [2.24, 2.45) is 11.7 Å². The monoisotopic (exact) mass is 202 g/mol. The van der Waals surface area contributed by atoms with Crippen LogP contribution in [0, 0.1) is 5.92 Å². The molecule has 0 saturated carbocycles. The van der Waals surface area contributed by atoms with Crippen LogP contribution in [0.5, 0.6) is 0 Å². The molecule has 0 fully saturated rings. The van der Waals surface area contributed by atoms with Crippen LogP contribution in [0.25, 0.3) is 0 Å². The molecule has 0 aliphatic heterocycles. The Morgan fingerprint density at radius 2 is 2.08 bits per heavy atom. The molecule has 2 unspecified atom stereocenters. The molecule has 4 heteroatoms. The molecule has 0 aromatic rings. The van der Waals surface area contributed by atoms with Crippen LogP contribution >= 0.6 is 12.2 Å². The van der Waals surface area contributed by atoms with Gasteiger partial charge in [-0.1, -0.05) is 32.5 Å². The maximum absolute atomic E-state index is 11.2. The summed E-state index contributed by atoms with van der Waals surface area (Å²) < 4.78 is 0. The second-order valence-electron chi connectivity index (χ2n) is 3.38. The van der Waals surface area contributed by atoms with Crippen molar-refractivity contribution < 1.29 is 4.79 Å². The zero-order valence-corrected chi connectivity index (χ0v) is 9.28. The third kappa shape index (κ3) is 5.58. The van der Waals surface area contributed by atoms with E-state index in [0.29, 0.717) is 5.92 Å². The van der Waals surface area contributed by atoms with E-state index in [1.807, 2.05) is 6.92 Å². The second kappa shape index (κ2) is 5.91. The van der Waals surface area contributed by atoms with Gasteiger partial charge in [-0.05, 0) is 12.8 Å². The molecular weight excluding hydrogens is 184 g/mol. The summed E-state index contributed by atoms with van der Waals surface area (Å²) in [6.07, 6.45) is 1.20. The molecule has 0 aromatic heterocycles. The quantitative estimate of drug-likeness (QED) is 0.659. The van der Waals surface area contributed by atoms with Crippen LogP contribution < -0.4 is 11.1 Å². The van der Waals surface area contributed by atoms with Crippen LogP contribution in [0.3, 0.4) is 0 Å². The van der Waals surface area contributed by atoms with E-state index < -0.39 is 0 Å². The second-order valence-corrected chi connectivity index (χ2v) is 3.91. The standard InChI is InChI=1S/C9H18N2OS/c1-4-6(2)7(3)11-9(12)5-8(10)13/h6-7H,4-5H2,1-3H3,(H2,10,13)(H,11,12). The van der Waals surface area contributed by atoms with E-state index >= 15 is 0 Å². The van der Waals surface area contributed by atoms with E-state index in [1.54, 1.807) is 0 Å². The molecule has 13 heavy (non-hydrogen) atoms. The first-order valence-corrected chi connectivity index (χ1v) is 4.95. The van der Waals surface area contributed by atoms with Gasteiger partial charge in [0.05, 0.1) is 11.4 Å². The molecule has 0 aliphatic rings. The molecule has 0 saturated heterocycles. The minimum absolute atomic E-state index is 0.0831. The van der Waals surface area contributed by atoms with Gasteiger partial charge in [0.15, 0.2) is 0 Å². The summed E-state index contributed by atoms with van der Waals surface area (Å²) in [4.78, 5) is 11.4. The lowest BCUT2D eigenvalue weighted by atomic mass is 10.0. The van der Waals surface area contributed by atoms with Crippen molar-refractivity contribution in [3.63, 3.8) is 0 Å². The summed E-state index contributed by atoms with van der Waals surface area (Å²) in [6, 6.07) is 0.187. The first kappa shape index (κ1) is 12.4. The Morgan fingerprint density at radius 3 is 2.46 bits per heavy atom. The van der Waals surface area contributed by atoms with Gasteiger partial charge in [-0.3, -0.25) is 4.79 Å². The van der Waals surface area contributed by atoms with Crippen molar-refractivity contribution >= 4 is 23.1 Å². The van der Waals surface area contributed by atoms with Gasteiger partial charge in [-0.15, -0.1) is 0 Å². The fourth-order valence-electron chi connectivity index (χ4n) is 0.959. The van der Waals surface area contributed by atoms with Gasteiger partial charge in [0.25, 0.3) is 0 Å². The molecule has 0 rings (SSSR count). The van der Waals surface area contributed by atoms with Crippen molar-refractivity contribution in [2.45, 2.75) is 39.7 Å². The van der Waals surface area contributed by atoms with Gasteiger partial charge < -0.3 is 11.1 Å². The Morgan fingerprint density at radius 1 is 1.54 bits per heavy atom. The number of carbonyl (C=O) groups is 1. The number of amides is 1. The molecule has 3 nitrogen and oxygen atoms in total. The maximum Gasteiger partial charge on any atom is 0.227 e. The largest absolute Gasteiger partial charge is 0.393 e. The lowest BCUT2D eigenvalue weighted by molar-refractivity contribution is -0.120. The highest BCUT2D eigenvalue weighted by Gasteiger charge is 2.12. The maximum atomic E-state index is 11.2. The summed E-state index contributed by atoms with van der Waals surface area (Å²) in [5, 5.41) is 2.86. The van der Waals surface area contributed by atoms with Crippen molar-refractivity contribution in [2.75, 3.05) is 0 Å². The molecule has 0 radical (unpaired) electrons. The molecule has 0 heterocycles. The fraction of sp³-hybridized carbons (Fsp3) is 0.778. The number of hydrogen-bond donors (Lipinski definition) is 2. The van der Waals surface area contributed by atoms with Gasteiger partial charge >= 0.3 is 0 Å². The molecule has 76 valence electrons. The molecule has 0 aliphatic carbocycles. The van der Waals surface area contributed by atoms with Gasteiger partial charge in [0.2, 0.25) is 5.91 Å². The number of hydrogen-bond acceptors (Lipinski definition) is 2. The summed E-state index contributed by atoms with van der Waals surface area (Å²) in [5.74, 6) is 0.399. The Balaban J connectivity index is 3.84. The predicted octanol–water partition coefficient (Wildman–Crippen LogP) is 1.21. The van der Waals surface area contributed by atoms with E-state index in [-0.39, 0.29) is 23.4 Å². The van der Waals surface area contributed by atoms with E-state index in [4.69, 9.17) is 5.73 Å². The Bertz CT molecular complexity index is 194. The van der Waals surface area contributed by atoms with Crippen molar-refractivity contribution in [3.05, 3.63) is 0 Å². The Labute approximate surface area is 85.1 Å². The lowest BCUT2D eigenvalue weighted by Gasteiger charge is -2.19. The summed E-state index contributed by atoms with van der Waals surface area (Å²) >= 11 is 4.64. The summed E-state index contributed by atoms with van der Waals surface area (Å²) in [5.41, 5.74) is 5.25. The van der Waals surface area contributed by atoms with Crippen molar-refractivity contribution in [1.82, 2.24) is 5.32 Å². The number of nitrogens with two attached hydrogens (primary N) is 1. The number of rotatable bonds is 5. The molecular formula is C9H18N2OS. The third-order valence-electron chi connectivity index (χ3n) is 2.22. The number of thiocarbonyl (C=S) groups is 1. The van der Waals surface area contributed by atoms with E-state index in [2.05, 4.69) is 31.4 Å². The average molecular weight is 202 g/mol. The fourth-order valence-corrected chi connectivity index (χ4v) is 1.09. The van der Waals surface area contributed by atoms with Gasteiger partial charge in [-0.25, -0.2) is 0 Å². The van der Waals surface area contributed by atoms with Crippen LogP contribution in [-0.4, -0.2) is 16.9 Å². The highest BCUT2D eigenvalue weighted by atomic mass is 32.1. The lowest BCUT2D eigenvalue weighted by Crippen LogP contribution is -2.38. The SMILES string of the molecule is CCC(C)C(C)NC(=O)CC(N)=S. The van der Waals surface area contributed by atoms with Crippen LogP contribution in [-0.2, 0) is 4.79 Å². The first-order valence-electron chi connectivity index (χ1n) is 4.55. The molecule has 3 N–H and O–H groups in total. The number of carbonyl (C=O) groups excluding carboxylic acids is 1. The van der Waals surface area contributed by atoms with Gasteiger partial charge in [-0.2, -0.15) is 0 Å². The minimum atomic E-state index is -0.0831. The zero-order chi connectivity index (χ0) is 10.4. The van der Waals surface area contributed by atoms with Crippen LogP contribution in [0.4, 0.5) is 0 Å². The number of nitrogens with one attached hydrogen (secondary N) is 1. The van der Waals surface area contributed by atoms with Crippen LogP contribution in [0.1, 0.15) is 33.6 Å². The van der Waals surface area contributed by atoms with Gasteiger partial charge in [0.1, 0.15) is 0 Å². The van der Waals surface area contributed by atoms with E-state index in [9.17, 15) is 4.79 Å². The Kier molecular flexibility index (Phi) is 5.62. The molecule has 0 bridgehead atoms. The average Bonchev–Trinajstić information content (AvgIpc) is 2.01. The predicted molar refractivity (Wildman–Crippen MR) is 58.5 cm³/mol. The highest BCUT2D eigenvalue weighted by molar-refractivity contribution is 7.80. The highest BCUT2D eigenvalue weighted by Crippen LogP contribution is 2.06. The van der Waals surface area contributed by atoms with Crippen molar-refractivity contribution in [3.8, 4) is 0 Å². The zero-order valence-electron chi connectivity index (χ0n) is 8.46. The smallest absolute Gasteiger partial charge is 0.227 e. The normalized spacial score (nSPS) is 14.7. The molecule has 1 amide bonds. The summed E-state index contributed by atoms with van der Waals surface area (Å²) in [7, 11) is 0. The summed E-state index contributed by atoms with van der Waals surface area (Å²) in [6.45, 7) is 6.19. The van der Waals surface area contributed by atoms with Crippen LogP contribution in [0.2, 0.25) is 0 Å². The third-order valence-corrected chi connectivity index (χ3v) is 2.37. The topological polar surface area (TPSA) is 55.1 Å². The Hall–Kier alpha value is -0.640. The van der Waals surface area contributed by atoms with E-state index in [1.165, 1.54) is 0 Å². The van der Waals surface area contributed by atoms with Gasteiger partial charge in [0, 0.05) is 6.04 Å². The van der Waals surface area contributed by atoms with E-state index in [0.717, 1.165) is 6.42 Å². The first-order chi connectivity index (χ1) is 5.97. The van der Waals surface area contributed by atoms with Crippen LogP contribution in [0.15, 0.2) is 0 Å². The van der Waals surface area contributed by atoms with Crippen molar-refractivity contribution in [1.29, 1.82) is 0 Å². The molecule has 2 atom stereocenters. The molecule has 0 aromatic carbocycles. The molecule has 0 spiro atoms. The minimum Gasteiger partial charge on any atom is -0.393 e.